The van der Waals surface area contributed by atoms with E-state index in [1.165, 1.54) is 30.4 Å². The average molecular weight is 864 g/mol. The lowest BCUT2D eigenvalue weighted by Gasteiger charge is -2.28. The van der Waals surface area contributed by atoms with E-state index >= 15 is 0 Å². The minimum atomic E-state index is -4.66. The number of unbranched alkanes of at least 4 members (excludes halogenated alkanes) is 11. The van der Waals surface area contributed by atoms with E-state index in [-0.39, 0.29) is 32.7 Å². The molecule has 1 N–H and O–H groups in total. The van der Waals surface area contributed by atoms with Crippen LogP contribution in [0.25, 0.3) is 0 Å². The largest absolute Gasteiger partial charge is 0.756 e. The van der Waals surface area contributed by atoms with Crippen molar-refractivity contribution < 1.29 is 51.6 Å². The van der Waals surface area contributed by atoms with E-state index < -0.39 is 32.5 Å². The number of quaternary nitrogens is 1. The van der Waals surface area contributed by atoms with Crippen LogP contribution < -0.4 is 4.89 Å². The Morgan fingerprint density at radius 1 is 0.683 bits per heavy atom. The number of allylic oxidation sites excluding steroid dienone is 8. The van der Waals surface area contributed by atoms with Gasteiger partial charge in [-0.05, 0) is 95.6 Å². The molecule has 0 saturated heterocycles. The number of ether oxygens (including phenoxy) is 2. The lowest BCUT2D eigenvalue weighted by Crippen LogP contribution is -2.37. The zero-order valence-electron chi connectivity index (χ0n) is 38.3. The standard InChI is InChI=1S/C48H82NO10P/c1-7-8-28-33-45-42(2)43(3)46(59-45)34-29-24-21-22-25-30-35-47(51)55-40-44(41-57-60(53,54)56-39-37-49(4,5)6)58-48(52)36-31-26-20-18-16-14-12-10-9-11-13-15-17-19-23-27-32-38-50/h9,11-12,14-15,17-18,20,44,50H,7-8,10,13,16,19,21-41H2,1-6H3/b11-9-,14-12-,17-15-,20-18-/t44-/m1/s1. The van der Waals surface area contributed by atoms with Gasteiger partial charge in [0.05, 0.1) is 27.7 Å². The molecule has 0 radical (unpaired) electrons. The van der Waals surface area contributed by atoms with Gasteiger partial charge in [-0.1, -0.05) is 100 Å². The first-order valence-corrected chi connectivity index (χ1v) is 24.3. The van der Waals surface area contributed by atoms with Crippen LogP contribution in [-0.4, -0.2) is 81.7 Å². The molecule has 0 aliphatic carbocycles. The van der Waals surface area contributed by atoms with Crippen molar-refractivity contribution >= 4 is 19.8 Å². The van der Waals surface area contributed by atoms with Crippen LogP contribution in [-0.2, 0) is 45.5 Å². The van der Waals surface area contributed by atoms with Crippen LogP contribution >= 0.6 is 7.82 Å². The van der Waals surface area contributed by atoms with E-state index in [0.717, 1.165) is 101 Å². The molecule has 0 saturated carbocycles. The first-order valence-electron chi connectivity index (χ1n) is 22.8. The van der Waals surface area contributed by atoms with Gasteiger partial charge in [-0.25, -0.2) is 0 Å². The molecule has 0 bridgehead atoms. The molecule has 0 spiro atoms. The topological polar surface area (TPSA) is 145 Å². The summed E-state index contributed by atoms with van der Waals surface area (Å²) in [5, 5.41) is 8.81. The van der Waals surface area contributed by atoms with E-state index in [2.05, 4.69) is 63.3 Å². The Kier molecular flexibility index (Phi) is 32.0. The smallest absolute Gasteiger partial charge is 0.306 e. The Balaban J connectivity index is 2.41. The second kappa shape index (κ2) is 34.8. The first-order chi connectivity index (χ1) is 28.8. The van der Waals surface area contributed by atoms with Crippen molar-refractivity contribution in [2.24, 2.45) is 0 Å². The van der Waals surface area contributed by atoms with Gasteiger partial charge >= 0.3 is 11.9 Å². The Hall–Kier alpha value is -2.79. The number of phosphoric ester groups is 1. The van der Waals surface area contributed by atoms with Gasteiger partial charge in [-0.2, -0.15) is 0 Å². The van der Waals surface area contributed by atoms with Crippen LogP contribution in [0.5, 0.6) is 0 Å². The number of carbonyl (C=O) groups excluding carboxylic acids is 2. The van der Waals surface area contributed by atoms with Gasteiger partial charge in [0, 0.05) is 32.3 Å². The highest BCUT2D eigenvalue weighted by atomic mass is 31.2. The zero-order valence-corrected chi connectivity index (χ0v) is 39.2. The van der Waals surface area contributed by atoms with Crippen LogP contribution in [0.1, 0.15) is 158 Å². The van der Waals surface area contributed by atoms with Crippen molar-refractivity contribution in [2.45, 2.75) is 168 Å². The van der Waals surface area contributed by atoms with E-state index in [0.29, 0.717) is 30.3 Å². The predicted molar refractivity (Wildman–Crippen MR) is 240 cm³/mol. The molecule has 0 aliphatic heterocycles. The molecule has 60 heavy (non-hydrogen) atoms. The lowest BCUT2D eigenvalue weighted by molar-refractivity contribution is -0.870. The Labute approximate surface area is 363 Å². The van der Waals surface area contributed by atoms with Gasteiger partial charge in [0.15, 0.2) is 6.10 Å². The normalized spacial score (nSPS) is 13.9. The highest BCUT2D eigenvalue weighted by Crippen LogP contribution is 2.38. The van der Waals surface area contributed by atoms with Crippen molar-refractivity contribution in [2.75, 3.05) is 54.1 Å². The number of likely N-dealkylation sites (N-methyl/N-ethyl adjacent to an activating group) is 1. The summed E-state index contributed by atoms with van der Waals surface area (Å²) in [6, 6.07) is 0. The monoisotopic (exact) mass is 864 g/mol. The molecule has 1 aromatic rings. The number of carbonyl (C=O) groups is 2. The van der Waals surface area contributed by atoms with Crippen LogP contribution in [0.4, 0.5) is 0 Å². The molecule has 0 fully saturated rings. The number of phosphoric acid groups is 1. The molecule has 2 atom stereocenters. The number of hydrogen-bond acceptors (Lipinski definition) is 10. The highest BCUT2D eigenvalue weighted by molar-refractivity contribution is 7.45. The number of aliphatic hydroxyl groups excluding tert-OH is 1. The predicted octanol–water partition coefficient (Wildman–Crippen LogP) is 10.7. The number of rotatable bonds is 38. The summed E-state index contributed by atoms with van der Waals surface area (Å²) >= 11 is 0. The summed E-state index contributed by atoms with van der Waals surface area (Å²) in [4.78, 5) is 37.7. The lowest BCUT2D eigenvalue weighted by atomic mass is 10.0. The SMILES string of the molecule is CCCCCc1oc(CCCCCCCCC(=O)OC[C@H](COP(=O)([O-])OCC[N+](C)(C)C)OC(=O)CCC/C=C\C/C=C\C/C=C\C/C=C\CCCCCO)c(C)c1C. The van der Waals surface area contributed by atoms with Gasteiger partial charge in [0.25, 0.3) is 7.82 Å². The van der Waals surface area contributed by atoms with Gasteiger partial charge in [0.2, 0.25) is 0 Å². The van der Waals surface area contributed by atoms with Gasteiger partial charge < -0.3 is 37.4 Å². The summed E-state index contributed by atoms with van der Waals surface area (Å²) in [6.45, 7) is 6.39. The molecule has 12 heteroatoms. The van der Waals surface area contributed by atoms with Gasteiger partial charge in [-0.3, -0.25) is 14.2 Å². The summed E-state index contributed by atoms with van der Waals surface area (Å²) in [6.07, 6.45) is 35.6. The molecule has 1 aromatic heterocycles. The summed E-state index contributed by atoms with van der Waals surface area (Å²) in [5.41, 5.74) is 2.59. The van der Waals surface area contributed by atoms with Crippen LogP contribution in [0.15, 0.2) is 53.0 Å². The Morgan fingerprint density at radius 2 is 1.20 bits per heavy atom. The number of hydrogen-bond donors (Lipinski definition) is 1. The number of aliphatic hydroxyl groups is 1. The maximum absolute atomic E-state index is 12.7. The van der Waals surface area contributed by atoms with Crippen LogP contribution in [0.2, 0.25) is 0 Å². The molecule has 0 aromatic carbocycles. The molecule has 0 amide bonds. The summed E-state index contributed by atoms with van der Waals surface area (Å²) in [7, 11) is 1.08. The molecule has 1 unspecified atom stereocenters. The summed E-state index contributed by atoms with van der Waals surface area (Å²) in [5.74, 6) is 1.32. The van der Waals surface area contributed by atoms with E-state index in [1.807, 2.05) is 27.2 Å². The van der Waals surface area contributed by atoms with Crippen molar-refractivity contribution in [1.29, 1.82) is 0 Å². The van der Waals surface area contributed by atoms with Gasteiger partial charge in [0.1, 0.15) is 31.3 Å². The fraction of sp³-hybridized carbons (Fsp3) is 0.708. The molecular formula is C48H82NO10P. The van der Waals surface area contributed by atoms with Crippen molar-refractivity contribution in [3.8, 4) is 0 Å². The maximum Gasteiger partial charge on any atom is 0.306 e. The molecule has 1 rings (SSSR count). The van der Waals surface area contributed by atoms with Crippen LogP contribution in [0.3, 0.4) is 0 Å². The second-order valence-electron chi connectivity index (χ2n) is 16.7. The van der Waals surface area contributed by atoms with Crippen molar-refractivity contribution in [1.82, 2.24) is 0 Å². The molecule has 0 aliphatic rings. The molecule has 11 nitrogen and oxygen atoms in total. The minimum Gasteiger partial charge on any atom is -0.756 e. The van der Waals surface area contributed by atoms with Crippen LogP contribution in [0, 0.1) is 13.8 Å². The van der Waals surface area contributed by atoms with Gasteiger partial charge in [-0.15, -0.1) is 0 Å². The Bertz CT molecular complexity index is 1440. The fourth-order valence-corrected chi connectivity index (χ4v) is 6.94. The summed E-state index contributed by atoms with van der Waals surface area (Å²) < 4.78 is 40.1. The van der Waals surface area contributed by atoms with E-state index in [1.54, 1.807) is 0 Å². The third-order valence-corrected chi connectivity index (χ3v) is 11.1. The van der Waals surface area contributed by atoms with Crippen molar-refractivity contribution in [3.05, 3.63) is 71.3 Å². The number of aryl methyl sites for hydroxylation is 2. The number of nitrogens with zero attached hydrogens (tertiary/aromatic N) is 1. The third-order valence-electron chi connectivity index (χ3n) is 10.1. The first kappa shape index (κ1) is 55.2. The van der Waals surface area contributed by atoms with E-state index in [4.69, 9.17) is 28.0 Å². The highest BCUT2D eigenvalue weighted by Gasteiger charge is 2.22. The second-order valence-corrected chi connectivity index (χ2v) is 18.1. The average Bonchev–Trinajstić information content (AvgIpc) is 3.46. The molecular weight excluding hydrogens is 781 g/mol. The quantitative estimate of drug-likeness (QED) is 0.0224. The number of esters is 2. The molecule has 344 valence electrons. The number of furan rings is 1. The maximum atomic E-state index is 12.7. The minimum absolute atomic E-state index is 0.0561. The molecule has 1 heterocycles. The zero-order chi connectivity index (χ0) is 44.3. The van der Waals surface area contributed by atoms with Crippen molar-refractivity contribution in [3.63, 3.8) is 0 Å². The van der Waals surface area contributed by atoms with E-state index in [9.17, 15) is 19.0 Å². The Morgan fingerprint density at radius 3 is 1.78 bits per heavy atom. The third kappa shape index (κ3) is 31.1. The fourth-order valence-electron chi connectivity index (χ4n) is 6.22.